The summed E-state index contributed by atoms with van der Waals surface area (Å²) in [4.78, 5) is 28.0. The number of methoxy groups -OCH3 is 1. The van der Waals surface area contributed by atoms with E-state index in [9.17, 15) is 18.4 Å². The molecule has 1 aromatic heterocycles. The molecule has 0 bridgehead atoms. The predicted octanol–water partition coefficient (Wildman–Crippen LogP) is 4.14. The number of pyridine rings is 1. The van der Waals surface area contributed by atoms with Gasteiger partial charge < -0.3 is 15.4 Å². The Morgan fingerprint density at radius 3 is 2.39 bits per heavy atom. The van der Waals surface area contributed by atoms with Gasteiger partial charge in [0.05, 0.1) is 12.7 Å². The molecule has 0 atom stereocenters. The fourth-order valence-corrected chi connectivity index (χ4v) is 2.43. The summed E-state index contributed by atoms with van der Waals surface area (Å²) >= 11 is 0. The summed E-state index contributed by atoms with van der Waals surface area (Å²) in [6, 6.07) is 12.5. The van der Waals surface area contributed by atoms with Gasteiger partial charge in [-0.3, -0.25) is 9.78 Å². The summed E-state index contributed by atoms with van der Waals surface area (Å²) in [5.41, 5.74) is 0.621. The van der Waals surface area contributed by atoms with Crippen molar-refractivity contribution in [1.29, 1.82) is 0 Å². The molecular formula is C20H15F2N3O3. The lowest BCUT2D eigenvalue weighted by Gasteiger charge is -2.10. The Balaban J connectivity index is 1.78. The molecule has 0 spiro atoms. The fourth-order valence-electron chi connectivity index (χ4n) is 2.43. The van der Waals surface area contributed by atoms with Crippen molar-refractivity contribution < 1.29 is 23.1 Å². The first-order valence-corrected chi connectivity index (χ1v) is 8.15. The third-order valence-corrected chi connectivity index (χ3v) is 3.77. The Labute approximate surface area is 159 Å². The molecule has 6 nitrogen and oxygen atoms in total. The Morgan fingerprint density at radius 2 is 1.68 bits per heavy atom. The molecule has 0 aliphatic carbocycles. The SMILES string of the molecule is COC(=O)c1cccc(NC(=O)c2cc(Nc3c(F)cccc3F)ccn2)c1. The number of hydrogen-bond donors (Lipinski definition) is 2. The normalized spacial score (nSPS) is 10.2. The monoisotopic (exact) mass is 383 g/mol. The average Bonchev–Trinajstić information content (AvgIpc) is 2.70. The van der Waals surface area contributed by atoms with Crippen molar-refractivity contribution in [3.63, 3.8) is 0 Å². The molecule has 1 amide bonds. The number of anilines is 3. The lowest BCUT2D eigenvalue weighted by molar-refractivity contribution is 0.0600. The number of nitrogens with zero attached hydrogens (tertiary/aromatic N) is 1. The van der Waals surface area contributed by atoms with Crippen molar-refractivity contribution in [2.75, 3.05) is 17.7 Å². The molecule has 0 saturated carbocycles. The van der Waals surface area contributed by atoms with E-state index in [4.69, 9.17) is 0 Å². The molecule has 0 saturated heterocycles. The number of para-hydroxylation sites is 1. The highest BCUT2D eigenvalue weighted by Crippen LogP contribution is 2.23. The quantitative estimate of drug-likeness (QED) is 0.647. The van der Waals surface area contributed by atoms with Gasteiger partial charge in [-0.25, -0.2) is 13.6 Å². The molecule has 2 N–H and O–H groups in total. The number of nitrogens with one attached hydrogen (secondary N) is 2. The van der Waals surface area contributed by atoms with E-state index in [2.05, 4.69) is 20.4 Å². The van der Waals surface area contributed by atoms with Gasteiger partial charge in [-0.1, -0.05) is 12.1 Å². The molecule has 1 heterocycles. The number of amides is 1. The van der Waals surface area contributed by atoms with Crippen LogP contribution in [-0.2, 0) is 4.74 Å². The van der Waals surface area contributed by atoms with E-state index in [0.717, 1.165) is 12.1 Å². The molecule has 3 rings (SSSR count). The summed E-state index contributed by atoms with van der Waals surface area (Å²) in [5.74, 6) is -2.61. The molecule has 0 unspecified atom stereocenters. The first-order chi connectivity index (χ1) is 13.5. The molecular weight excluding hydrogens is 368 g/mol. The summed E-state index contributed by atoms with van der Waals surface area (Å²) in [6.45, 7) is 0. The van der Waals surface area contributed by atoms with Gasteiger partial charge in [-0.05, 0) is 42.5 Å². The minimum Gasteiger partial charge on any atom is -0.465 e. The number of esters is 1. The van der Waals surface area contributed by atoms with Gasteiger partial charge in [0.2, 0.25) is 0 Å². The topological polar surface area (TPSA) is 80.3 Å². The number of rotatable bonds is 5. The van der Waals surface area contributed by atoms with Crippen LogP contribution in [0.2, 0.25) is 0 Å². The molecule has 0 fully saturated rings. The zero-order chi connectivity index (χ0) is 20.1. The van der Waals surface area contributed by atoms with E-state index in [0.29, 0.717) is 5.69 Å². The smallest absolute Gasteiger partial charge is 0.337 e. The van der Waals surface area contributed by atoms with Gasteiger partial charge in [0, 0.05) is 17.6 Å². The zero-order valence-corrected chi connectivity index (χ0v) is 14.7. The Hall–Kier alpha value is -3.81. The second-order valence-electron chi connectivity index (χ2n) is 5.68. The first-order valence-electron chi connectivity index (χ1n) is 8.15. The maximum Gasteiger partial charge on any atom is 0.337 e. The molecule has 28 heavy (non-hydrogen) atoms. The number of hydrogen-bond acceptors (Lipinski definition) is 5. The van der Waals surface area contributed by atoms with Gasteiger partial charge in [0.1, 0.15) is 23.0 Å². The molecule has 8 heteroatoms. The molecule has 0 aliphatic rings. The van der Waals surface area contributed by atoms with E-state index < -0.39 is 23.5 Å². The average molecular weight is 383 g/mol. The van der Waals surface area contributed by atoms with Gasteiger partial charge >= 0.3 is 5.97 Å². The largest absolute Gasteiger partial charge is 0.465 e. The van der Waals surface area contributed by atoms with E-state index in [-0.39, 0.29) is 22.6 Å². The highest BCUT2D eigenvalue weighted by Gasteiger charge is 2.13. The minimum absolute atomic E-state index is 0.0187. The van der Waals surface area contributed by atoms with Gasteiger partial charge in [0.15, 0.2) is 0 Å². The fraction of sp³-hybridized carbons (Fsp3) is 0.0500. The zero-order valence-electron chi connectivity index (χ0n) is 14.7. The van der Waals surface area contributed by atoms with Crippen molar-refractivity contribution >= 4 is 28.9 Å². The van der Waals surface area contributed by atoms with E-state index in [1.165, 1.54) is 37.6 Å². The molecule has 2 aromatic carbocycles. The summed E-state index contributed by atoms with van der Waals surface area (Å²) in [7, 11) is 1.26. The highest BCUT2D eigenvalue weighted by atomic mass is 19.1. The number of ether oxygens (including phenoxy) is 1. The van der Waals surface area contributed by atoms with Crippen LogP contribution in [0.15, 0.2) is 60.8 Å². The Morgan fingerprint density at radius 1 is 0.964 bits per heavy atom. The van der Waals surface area contributed by atoms with Crippen molar-refractivity contribution in [2.24, 2.45) is 0 Å². The Bertz CT molecular complexity index is 1020. The van der Waals surface area contributed by atoms with Gasteiger partial charge in [-0.2, -0.15) is 0 Å². The van der Waals surface area contributed by atoms with Crippen molar-refractivity contribution in [3.05, 3.63) is 83.7 Å². The summed E-state index contributed by atoms with van der Waals surface area (Å²) in [5, 5.41) is 5.21. The molecule has 142 valence electrons. The lowest BCUT2D eigenvalue weighted by Crippen LogP contribution is -2.14. The van der Waals surface area contributed by atoms with E-state index >= 15 is 0 Å². The molecule has 3 aromatic rings. The molecule has 0 radical (unpaired) electrons. The first kappa shape index (κ1) is 19.0. The van der Waals surface area contributed by atoms with Crippen LogP contribution in [-0.4, -0.2) is 24.0 Å². The van der Waals surface area contributed by atoms with Gasteiger partial charge in [-0.15, -0.1) is 0 Å². The van der Waals surface area contributed by atoms with Crippen molar-refractivity contribution in [2.45, 2.75) is 0 Å². The predicted molar refractivity (Wildman–Crippen MR) is 99.6 cm³/mol. The van der Waals surface area contributed by atoms with Crippen LogP contribution in [0, 0.1) is 11.6 Å². The number of aromatic nitrogens is 1. The van der Waals surface area contributed by atoms with Crippen LogP contribution >= 0.6 is 0 Å². The van der Waals surface area contributed by atoms with Crippen LogP contribution in [0.3, 0.4) is 0 Å². The Kier molecular flexibility index (Phi) is 5.59. The number of halogens is 2. The van der Waals surface area contributed by atoms with Crippen LogP contribution in [0.25, 0.3) is 0 Å². The van der Waals surface area contributed by atoms with Crippen LogP contribution in [0.4, 0.5) is 25.8 Å². The van der Waals surface area contributed by atoms with Crippen LogP contribution < -0.4 is 10.6 Å². The number of benzene rings is 2. The summed E-state index contributed by atoms with van der Waals surface area (Å²) < 4.78 is 32.2. The number of carbonyl (C=O) groups excluding carboxylic acids is 2. The highest BCUT2D eigenvalue weighted by molar-refractivity contribution is 6.04. The maximum atomic E-state index is 13.8. The second-order valence-corrected chi connectivity index (χ2v) is 5.68. The third-order valence-electron chi connectivity index (χ3n) is 3.77. The van der Waals surface area contributed by atoms with Crippen LogP contribution in [0.5, 0.6) is 0 Å². The lowest BCUT2D eigenvalue weighted by atomic mass is 10.2. The third kappa shape index (κ3) is 4.29. The van der Waals surface area contributed by atoms with Crippen LogP contribution in [0.1, 0.15) is 20.8 Å². The van der Waals surface area contributed by atoms with E-state index in [1.54, 1.807) is 18.2 Å². The second kappa shape index (κ2) is 8.26. The summed E-state index contributed by atoms with van der Waals surface area (Å²) in [6.07, 6.45) is 1.33. The number of carbonyl (C=O) groups is 2. The standard InChI is InChI=1S/C20H15F2N3O3/c1-28-20(27)12-4-2-5-13(10-12)25-19(26)17-11-14(8-9-23-17)24-18-15(21)6-3-7-16(18)22/h2-11H,1H3,(H,23,24)(H,25,26). The van der Waals surface area contributed by atoms with Crippen molar-refractivity contribution in [1.82, 2.24) is 4.98 Å². The van der Waals surface area contributed by atoms with E-state index in [1.807, 2.05) is 0 Å². The maximum absolute atomic E-state index is 13.8. The molecule has 0 aliphatic heterocycles. The van der Waals surface area contributed by atoms with Crippen molar-refractivity contribution in [3.8, 4) is 0 Å². The minimum atomic E-state index is -0.762. The van der Waals surface area contributed by atoms with Gasteiger partial charge in [0.25, 0.3) is 5.91 Å².